The second kappa shape index (κ2) is 5.00. The lowest BCUT2D eigenvalue weighted by molar-refractivity contribution is 0.517. The Morgan fingerprint density at radius 2 is 1.92 bits per heavy atom. The fourth-order valence-corrected chi connectivity index (χ4v) is 1.76. The zero-order valence-electron chi connectivity index (χ0n) is 8.82. The Kier molecular flexibility index (Phi) is 3.93. The van der Waals surface area contributed by atoms with Gasteiger partial charge in [0.1, 0.15) is 12.2 Å². The summed E-state index contributed by atoms with van der Waals surface area (Å²) >= 11 is 0. The first-order valence-corrected chi connectivity index (χ1v) is 5.13. The molecular formula is C10H19N3. The van der Waals surface area contributed by atoms with Gasteiger partial charge in [-0.3, -0.25) is 0 Å². The van der Waals surface area contributed by atoms with Crippen molar-refractivity contribution >= 4 is 0 Å². The summed E-state index contributed by atoms with van der Waals surface area (Å²) in [5.41, 5.74) is 0. The van der Waals surface area contributed by atoms with E-state index in [4.69, 9.17) is 0 Å². The van der Waals surface area contributed by atoms with Crippen LogP contribution in [-0.2, 0) is 7.05 Å². The van der Waals surface area contributed by atoms with Crippen molar-refractivity contribution in [2.45, 2.75) is 45.4 Å². The Morgan fingerprint density at radius 1 is 1.31 bits per heavy atom. The van der Waals surface area contributed by atoms with Gasteiger partial charge in [-0.1, -0.05) is 26.7 Å². The molecule has 0 aliphatic rings. The maximum absolute atomic E-state index is 4.17. The van der Waals surface area contributed by atoms with Gasteiger partial charge >= 0.3 is 0 Å². The molecule has 74 valence electrons. The molecule has 1 aromatic heterocycles. The quantitative estimate of drug-likeness (QED) is 0.698. The highest BCUT2D eigenvalue weighted by molar-refractivity contribution is 4.95. The van der Waals surface area contributed by atoms with Crippen LogP contribution < -0.4 is 0 Å². The average molecular weight is 181 g/mol. The lowest BCUT2D eigenvalue weighted by Crippen LogP contribution is -2.05. The van der Waals surface area contributed by atoms with E-state index in [0.717, 1.165) is 5.82 Å². The molecule has 0 aromatic carbocycles. The number of rotatable bonds is 5. The maximum Gasteiger partial charge on any atom is 0.135 e. The topological polar surface area (TPSA) is 30.7 Å². The van der Waals surface area contributed by atoms with Gasteiger partial charge in [-0.05, 0) is 12.8 Å². The molecule has 13 heavy (non-hydrogen) atoms. The van der Waals surface area contributed by atoms with Crippen LogP contribution in [0.1, 0.15) is 51.3 Å². The summed E-state index contributed by atoms with van der Waals surface area (Å²) < 4.78 is 2.04. The molecule has 0 spiro atoms. The van der Waals surface area contributed by atoms with Crippen LogP contribution in [0.3, 0.4) is 0 Å². The van der Waals surface area contributed by atoms with Crippen molar-refractivity contribution in [2.24, 2.45) is 7.05 Å². The van der Waals surface area contributed by atoms with E-state index in [2.05, 4.69) is 24.0 Å². The highest BCUT2D eigenvalue weighted by atomic mass is 15.2. The third kappa shape index (κ3) is 2.54. The monoisotopic (exact) mass is 181 g/mol. The molecule has 3 heteroatoms. The van der Waals surface area contributed by atoms with E-state index >= 15 is 0 Å². The molecule has 0 saturated heterocycles. The highest BCUT2D eigenvalue weighted by Crippen LogP contribution is 2.23. The second-order valence-electron chi connectivity index (χ2n) is 3.57. The molecule has 1 rings (SSSR count). The molecule has 0 fully saturated rings. The molecule has 0 aliphatic heterocycles. The highest BCUT2D eigenvalue weighted by Gasteiger charge is 2.14. The summed E-state index contributed by atoms with van der Waals surface area (Å²) in [7, 11) is 2.02. The van der Waals surface area contributed by atoms with Gasteiger partial charge in [0, 0.05) is 13.0 Å². The van der Waals surface area contributed by atoms with Gasteiger partial charge in [0.25, 0.3) is 0 Å². The minimum atomic E-state index is 0.600. The Morgan fingerprint density at radius 3 is 2.31 bits per heavy atom. The molecule has 0 atom stereocenters. The molecule has 0 saturated carbocycles. The Balaban J connectivity index is 2.69. The molecule has 3 nitrogen and oxygen atoms in total. The van der Waals surface area contributed by atoms with Crippen molar-refractivity contribution < 1.29 is 0 Å². The van der Waals surface area contributed by atoms with Crippen molar-refractivity contribution in [1.82, 2.24) is 14.8 Å². The predicted octanol–water partition coefficient (Wildman–Crippen LogP) is 2.50. The van der Waals surface area contributed by atoms with E-state index in [1.54, 1.807) is 6.33 Å². The molecule has 1 heterocycles. The third-order valence-electron chi connectivity index (χ3n) is 2.39. The molecule has 0 unspecified atom stereocenters. The third-order valence-corrected chi connectivity index (χ3v) is 2.39. The summed E-state index contributed by atoms with van der Waals surface area (Å²) in [6, 6.07) is 0. The van der Waals surface area contributed by atoms with E-state index in [1.807, 2.05) is 11.6 Å². The van der Waals surface area contributed by atoms with Gasteiger partial charge in [-0.25, -0.2) is 0 Å². The number of aryl methyl sites for hydroxylation is 1. The van der Waals surface area contributed by atoms with E-state index in [9.17, 15) is 0 Å². The van der Waals surface area contributed by atoms with E-state index in [0.29, 0.717) is 5.92 Å². The molecule has 1 aromatic rings. The van der Waals surface area contributed by atoms with Crippen LogP contribution in [0, 0.1) is 0 Å². The lowest BCUT2D eigenvalue weighted by Gasteiger charge is -2.13. The normalized spacial score (nSPS) is 11.1. The summed E-state index contributed by atoms with van der Waals surface area (Å²) in [5.74, 6) is 1.74. The first kappa shape index (κ1) is 10.2. The molecule has 0 aliphatic carbocycles. The number of hydrogen-bond acceptors (Lipinski definition) is 2. The van der Waals surface area contributed by atoms with Crippen LogP contribution in [0.5, 0.6) is 0 Å². The van der Waals surface area contributed by atoms with Crippen LogP contribution in [0.25, 0.3) is 0 Å². The molecule has 0 bridgehead atoms. The van der Waals surface area contributed by atoms with Crippen LogP contribution in [0.15, 0.2) is 6.33 Å². The zero-order valence-corrected chi connectivity index (χ0v) is 8.82. The zero-order chi connectivity index (χ0) is 9.68. The fourth-order valence-electron chi connectivity index (χ4n) is 1.76. The standard InChI is InChI=1S/C10H19N3/c1-4-6-9(7-5-2)10-12-11-8-13(10)3/h8-9H,4-7H2,1-3H3. The van der Waals surface area contributed by atoms with Crippen LogP contribution in [0.4, 0.5) is 0 Å². The Bertz CT molecular complexity index is 236. The van der Waals surface area contributed by atoms with Gasteiger partial charge in [0.15, 0.2) is 0 Å². The summed E-state index contributed by atoms with van der Waals surface area (Å²) in [4.78, 5) is 0. The summed E-state index contributed by atoms with van der Waals surface area (Å²) in [6.45, 7) is 4.44. The average Bonchev–Trinajstić information content (AvgIpc) is 2.51. The number of aromatic nitrogens is 3. The van der Waals surface area contributed by atoms with Crippen LogP contribution >= 0.6 is 0 Å². The van der Waals surface area contributed by atoms with E-state index in [1.165, 1.54) is 25.7 Å². The second-order valence-corrected chi connectivity index (χ2v) is 3.57. The molecule has 0 amide bonds. The van der Waals surface area contributed by atoms with Crippen molar-refractivity contribution in [3.63, 3.8) is 0 Å². The van der Waals surface area contributed by atoms with Gasteiger partial charge in [0.2, 0.25) is 0 Å². The van der Waals surface area contributed by atoms with Crippen molar-refractivity contribution in [3.05, 3.63) is 12.2 Å². The van der Waals surface area contributed by atoms with Crippen molar-refractivity contribution in [3.8, 4) is 0 Å². The summed E-state index contributed by atoms with van der Waals surface area (Å²) in [5, 5.41) is 8.09. The minimum absolute atomic E-state index is 0.600. The smallest absolute Gasteiger partial charge is 0.135 e. The van der Waals surface area contributed by atoms with Gasteiger partial charge < -0.3 is 4.57 Å². The first-order chi connectivity index (χ1) is 6.29. The van der Waals surface area contributed by atoms with Crippen LogP contribution in [0.2, 0.25) is 0 Å². The van der Waals surface area contributed by atoms with Gasteiger partial charge in [-0.2, -0.15) is 0 Å². The maximum atomic E-state index is 4.17. The number of hydrogen-bond donors (Lipinski definition) is 0. The van der Waals surface area contributed by atoms with Crippen LogP contribution in [-0.4, -0.2) is 14.8 Å². The molecule has 0 radical (unpaired) electrons. The number of nitrogens with zero attached hydrogens (tertiary/aromatic N) is 3. The molecular weight excluding hydrogens is 162 g/mol. The lowest BCUT2D eigenvalue weighted by atomic mass is 9.97. The Hall–Kier alpha value is -0.860. The first-order valence-electron chi connectivity index (χ1n) is 5.13. The van der Waals surface area contributed by atoms with Crippen molar-refractivity contribution in [2.75, 3.05) is 0 Å². The van der Waals surface area contributed by atoms with Crippen molar-refractivity contribution in [1.29, 1.82) is 0 Å². The Labute approximate surface area is 80.2 Å². The molecule has 0 N–H and O–H groups in total. The predicted molar refractivity (Wildman–Crippen MR) is 53.6 cm³/mol. The summed E-state index contributed by atoms with van der Waals surface area (Å²) in [6.07, 6.45) is 6.67. The van der Waals surface area contributed by atoms with Gasteiger partial charge in [-0.15, -0.1) is 10.2 Å². The fraction of sp³-hybridized carbons (Fsp3) is 0.800. The van der Waals surface area contributed by atoms with Gasteiger partial charge in [0.05, 0.1) is 0 Å². The SMILES string of the molecule is CCCC(CCC)c1nncn1C. The van der Waals surface area contributed by atoms with E-state index in [-0.39, 0.29) is 0 Å². The van der Waals surface area contributed by atoms with E-state index < -0.39 is 0 Å². The minimum Gasteiger partial charge on any atom is -0.320 e. The largest absolute Gasteiger partial charge is 0.320 e.